The largest absolute Gasteiger partial charge is 0.338 e. The van der Waals surface area contributed by atoms with Crippen molar-refractivity contribution in [3.05, 3.63) is 12.2 Å². The van der Waals surface area contributed by atoms with Crippen LogP contribution in [0, 0.1) is 11.8 Å². The van der Waals surface area contributed by atoms with E-state index in [1.165, 1.54) is 11.3 Å². The molecule has 2 unspecified atom stereocenters. The number of nitrogens with zero attached hydrogens (tertiary/aromatic N) is 2. The highest BCUT2D eigenvalue weighted by molar-refractivity contribution is 6.07. The Morgan fingerprint density at radius 3 is 2.17 bits per heavy atom. The lowest BCUT2D eigenvalue weighted by molar-refractivity contribution is -0.147. The number of amides is 3. The number of likely N-dealkylation sites (tertiary alicyclic amines) is 1. The predicted molar refractivity (Wildman–Crippen MR) is 86.3 cm³/mol. The summed E-state index contributed by atoms with van der Waals surface area (Å²) in [6, 6.07) is 0.276. The SMILES string of the molecule is CCN(C(=O)CN1C(=O)C2CC=CCC2C1=O)C1CCCCC1. The maximum absolute atomic E-state index is 12.7. The van der Waals surface area contributed by atoms with E-state index in [4.69, 9.17) is 0 Å². The van der Waals surface area contributed by atoms with Gasteiger partial charge in [-0.05, 0) is 32.6 Å². The van der Waals surface area contributed by atoms with Gasteiger partial charge in [0.15, 0.2) is 0 Å². The molecule has 0 spiro atoms. The summed E-state index contributed by atoms with van der Waals surface area (Å²) in [4.78, 5) is 40.7. The molecule has 2 fully saturated rings. The fourth-order valence-electron chi connectivity index (χ4n) is 4.28. The van der Waals surface area contributed by atoms with E-state index in [2.05, 4.69) is 0 Å². The lowest BCUT2D eigenvalue weighted by atomic mass is 9.85. The summed E-state index contributed by atoms with van der Waals surface area (Å²) < 4.78 is 0. The van der Waals surface area contributed by atoms with Crippen molar-refractivity contribution in [2.45, 2.75) is 57.9 Å². The van der Waals surface area contributed by atoms with Gasteiger partial charge in [-0.3, -0.25) is 19.3 Å². The zero-order valence-corrected chi connectivity index (χ0v) is 13.9. The first kappa shape index (κ1) is 16.2. The van der Waals surface area contributed by atoms with Crippen molar-refractivity contribution in [3.63, 3.8) is 0 Å². The number of rotatable bonds is 4. The highest BCUT2D eigenvalue weighted by atomic mass is 16.2. The van der Waals surface area contributed by atoms with E-state index in [1.54, 1.807) is 0 Å². The Morgan fingerprint density at radius 2 is 1.65 bits per heavy atom. The standard InChI is InChI=1S/C18H26N2O3/c1-2-19(13-8-4-3-5-9-13)16(21)12-20-17(22)14-10-6-7-11-15(14)18(20)23/h6-7,13-15H,2-5,8-12H2,1H3. The number of hydrogen-bond donors (Lipinski definition) is 0. The Bertz CT molecular complexity index is 496. The molecule has 23 heavy (non-hydrogen) atoms. The van der Waals surface area contributed by atoms with Gasteiger partial charge in [-0.25, -0.2) is 0 Å². The molecule has 0 bridgehead atoms. The van der Waals surface area contributed by atoms with E-state index in [1.807, 2.05) is 24.0 Å². The molecule has 0 aromatic heterocycles. The van der Waals surface area contributed by atoms with Gasteiger partial charge in [-0.1, -0.05) is 31.4 Å². The predicted octanol–water partition coefficient (Wildman–Crippen LogP) is 2.12. The molecule has 0 aromatic carbocycles. The van der Waals surface area contributed by atoms with Crippen LogP contribution in [0.5, 0.6) is 0 Å². The molecule has 1 saturated heterocycles. The maximum atomic E-state index is 12.7. The molecule has 0 radical (unpaired) electrons. The third kappa shape index (κ3) is 3.06. The van der Waals surface area contributed by atoms with Crippen LogP contribution < -0.4 is 0 Å². The van der Waals surface area contributed by atoms with Crippen LogP contribution in [0.3, 0.4) is 0 Å². The molecule has 1 saturated carbocycles. The molecular weight excluding hydrogens is 292 g/mol. The van der Waals surface area contributed by atoms with Crippen molar-refractivity contribution in [3.8, 4) is 0 Å². The van der Waals surface area contributed by atoms with Crippen LogP contribution in [0.2, 0.25) is 0 Å². The fraction of sp³-hybridized carbons (Fsp3) is 0.722. The van der Waals surface area contributed by atoms with Gasteiger partial charge in [-0.15, -0.1) is 0 Å². The number of hydrogen-bond acceptors (Lipinski definition) is 3. The zero-order valence-electron chi connectivity index (χ0n) is 13.9. The first-order chi connectivity index (χ1) is 11.1. The van der Waals surface area contributed by atoms with Crippen molar-refractivity contribution in [2.75, 3.05) is 13.1 Å². The maximum Gasteiger partial charge on any atom is 0.242 e. The first-order valence-electron chi connectivity index (χ1n) is 8.93. The minimum Gasteiger partial charge on any atom is -0.338 e. The molecule has 3 rings (SSSR count). The van der Waals surface area contributed by atoms with E-state index in [-0.39, 0.29) is 42.1 Å². The van der Waals surface area contributed by atoms with Crippen LogP contribution in [0.15, 0.2) is 12.2 Å². The van der Waals surface area contributed by atoms with Crippen molar-refractivity contribution in [1.29, 1.82) is 0 Å². The van der Waals surface area contributed by atoms with E-state index in [9.17, 15) is 14.4 Å². The van der Waals surface area contributed by atoms with Crippen LogP contribution in [-0.4, -0.2) is 46.7 Å². The van der Waals surface area contributed by atoms with Gasteiger partial charge in [-0.2, -0.15) is 0 Å². The van der Waals surface area contributed by atoms with Gasteiger partial charge in [0.05, 0.1) is 11.8 Å². The fourth-order valence-corrected chi connectivity index (χ4v) is 4.28. The summed E-state index contributed by atoms with van der Waals surface area (Å²) >= 11 is 0. The number of carbonyl (C=O) groups excluding carboxylic acids is 3. The van der Waals surface area contributed by atoms with Gasteiger partial charge < -0.3 is 4.90 Å². The van der Waals surface area contributed by atoms with Crippen LogP contribution in [0.1, 0.15) is 51.9 Å². The van der Waals surface area contributed by atoms with Crippen LogP contribution in [0.25, 0.3) is 0 Å². The Labute approximate surface area is 137 Å². The molecule has 1 heterocycles. The molecule has 3 aliphatic rings. The number of imide groups is 1. The first-order valence-corrected chi connectivity index (χ1v) is 8.93. The van der Waals surface area contributed by atoms with Gasteiger partial charge in [0.1, 0.15) is 6.54 Å². The number of fused-ring (bicyclic) bond motifs is 1. The van der Waals surface area contributed by atoms with Gasteiger partial charge in [0.25, 0.3) is 0 Å². The van der Waals surface area contributed by atoms with Crippen molar-refractivity contribution in [2.24, 2.45) is 11.8 Å². The number of carbonyl (C=O) groups is 3. The normalized spacial score (nSPS) is 28.1. The van der Waals surface area contributed by atoms with Crippen molar-refractivity contribution >= 4 is 17.7 Å². The zero-order chi connectivity index (χ0) is 16.4. The average molecular weight is 318 g/mol. The van der Waals surface area contributed by atoms with E-state index in [0.717, 1.165) is 25.7 Å². The molecule has 2 aliphatic carbocycles. The van der Waals surface area contributed by atoms with Gasteiger partial charge >= 0.3 is 0 Å². The van der Waals surface area contributed by atoms with Crippen LogP contribution in [0.4, 0.5) is 0 Å². The topological polar surface area (TPSA) is 57.7 Å². The van der Waals surface area contributed by atoms with Crippen LogP contribution >= 0.6 is 0 Å². The number of allylic oxidation sites excluding steroid dienone is 2. The summed E-state index contributed by atoms with van der Waals surface area (Å²) in [5.74, 6) is -0.877. The Kier molecular flexibility index (Phi) is 4.83. The number of likely N-dealkylation sites (N-methyl/N-ethyl adjacent to an activating group) is 1. The van der Waals surface area contributed by atoms with Crippen molar-refractivity contribution in [1.82, 2.24) is 9.80 Å². The molecule has 1 aliphatic heterocycles. The second-order valence-electron chi connectivity index (χ2n) is 6.89. The third-order valence-electron chi connectivity index (χ3n) is 5.57. The van der Waals surface area contributed by atoms with E-state index < -0.39 is 0 Å². The summed E-state index contributed by atoms with van der Waals surface area (Å²) in [5, 5.41) is 0. The lowest BCUT2D eigenvalue weighted by Gasteiger charge is -2.34. The smallest absolute Gasteiger partial charge is 0.242 e. The highest BCUT2D eigenvalue weighted by Crippen LogP contribution is 2.35. The Morgan fingerprint density at radius 1 is 1.09 bits per heavy atom. The quantitative estimate of drug-likeness (QED) is 0.589. The Balaban J connectivity index is 1.67. The molecule has 3 amide bonds. The molecule has 0 aromatic rings. The molecule has 126 valence electrons. The Hall–Kier alpha value is -1.65. The molecule has 5 heteroatoms. The minimum absolute atomic E-state index is 0.0744. The summed E-state index contributed by atoms with van der Waals surface area (Å²) in [6.07, 6.45) is 10.8. The molecule has 2 atom stereocenters. The average Bonchev–Trinajstić information content (AvgIpc) is 2.82. The third-order valence-corrected chi connectivity index (χ3v) is 5.57. The van der Waals surface area contributed by atoms with Gasteiger partial charge in [0.2, 0.25) is 17.7 Å². The monoisotopic (exact) mass is 318 g/mol. The van der Waals surface area contributed by atoms with E-state index in [0.29, 0.717) is 19.4 Å². The molecule has 0 N–H and O–H groups in total. The molecular formula is C18H26N2O3. The second-order valence-corrected chi connectivity index (χ2v) is 6.89. The van der Waals surface area contributed by atoms with Crippen LogP contribution in [-0.2, 0) is 14.4 Å². The lowest BCUT2D eigenvalue weighted by Crippen LogP contribution is -2.47. The van der Waals surface area contributed by atoms with Crippen molar-refractivity contribution < 1.29 is 14.4 Å². The van der Waals surface area contributed by atoms with E-state index >= 15 is 0 Å². The minimum atomic E-state index is -0.245. The highest BCUT2D eigenvalue weighted by Gasteiger charge is 2.48. The summed E-state index contributed by atoms with van der Waals surface area (Å²) in [6.45, 7) is 2.55. The second kappa shape index (κ2) is 6.85. The summed E-state index contributed by atoms with van der Waals surface area (Å²) in [7, 11) is 0. The summed E-state index contributed by atoms with van der Waals surface area (Å²) in [5.41, 5.74) is 0. The molecule has 5 nitrogen and oxygen atoms in total. The van der Waals surface area contributed by atoms with Gasteiger partial charge in [0, 0.05) is 12.6 Å².